The van der Waals surface area contributed by atoms with Gasteiger partial charge in [0.2, 0.25) is 11.8 Å². The van der Waals surface area contributed by atoms with Crippen molar-refractivity contribution in [1.82, 2.24) is 35.4 Å². The van der Waals surface area contributed by atoms with Gasteiger partial charge in [0.1, 0.15) is 11.8 Å². The number of benzene rings is 2. The number of nitrogens with one attached hydrogen (secondary N) is 2. The SMILES string of the molecule is C#CCN(C(=O)NC)N1CCN(Cc2cccc3sc(N)nc23)C(=O)[C@H](Cc2ccc(OC(=O)N(C)C)cc2)NC(=O)C1. The molecule has 0 spiro atoms. The highest BCUT2D eigenvalue weighted by molar-refractivity contribution is 7.22. The van der Waals surface area contributed by atoms with E-state index in [2.05, 4.69) is 21.5 Å². The number of terminal acetylenes is 1. The molecule has 43 heavy (non-hydrogen) atoms. The second kappa shape index (κ2) is 13.9. The van der Waals surface area contributed by atoms with Crippen LogP contribution in [0.2, 0.25) is 0 Å². The average Bonchev–Trinajstić information content (AvgIpc) is 3.39. The van der Waals surface area contributed by atoms with Gasteiger partial charge in [0.15, 0.2) is 5.13 Å². The lowest BCUT2D eigenvalue weighted by Crippen LogP contribution is -2.54. The van der Waals surface area contributed by atoms with Crippen LogP contribution in [0.4, 0.5) is 14.7 Å². The molecule has 0 radical (unpaired) electrons. The minimum Gasteiger partial charge on any atom is -0.410 e. The Morgan fingerprint density at radius 1 is 1.21 bits per heavy atom. The topological polar surface area (TPSA) is 153 Å². The third-order valence-corrected chi connectivity index (χ3v) is 7.59. The molecule has 13 nitrogen and oxygen atoms in total. The lowest BCUT2D eigenvalue weighted by atomic mass is 10.0. The molecule has 0 aliphatic carbocycles. The first-order valence-corrected chi connectivity index (χ1v) is 14.3. The van der Waals surface area contributed by atoms with Crippen LogP contribution in [-0.4, -0.2) is 102 Å². The Bertz CT molecular complexity index is 1530. The largest absolute Gasteiger partial charge is 0.414 e. The summed E-state index contributed by atoms with van der Waals surface area (Å²) in [6, 6.07) is 11.0. The molecule has 3 aromatic rings. The van der Waals surface area contributed by atoms with Gasteiger partial charge in [-0.2, -0.15) is 0 Å². The summed E-state index contributed by atoms with van der Waals surface area (Å²) in [6.07, 6.45) is 5.19. The summed E-state index contributed by atoms with van der Waals surface area (Å²) in [5, 5.41) is 8.63. The Morgan fingerprint density at radius 2 is 1.95 bits per heavy atom. The fraction of sp³-hybridized carbons (Fsp3) is 0.345. The number of rotatable bonds is 7. The lowest BCUT2D eigenvalue weighted by Gasteiger charge is -2.33. The second-order valence-electron chi connectivity index (χ2n) is 10.0. The van der Waals surface area contributed by atoms with Gasteiger partial charge in [-0.1, -0.05) is 41.5 Å². The van der Waals surface area contributed by atoms with Crippen molar-refractivity contribution >= 4 is 50.6 Å². The first-order chi connectivity index (χ1) is 20.6. The average molecular weight is 607 g/mol. The first-order valence-electron chi connectivity index (χ1n) is 13.5. The minimum absolute atomic E-state index is 0.0630. The van der Waals surface area contributed by atoms with Crippen molar-refractivity contribution < 1.29 is 23.9 Å². The number of nitrogens with two attached hydrogens (primary N) is 1. The summed E-state index contributed by atoms with van der Waals surface area (Å²) in [5.41, 5.74) is 8.22. The monoisotopic (exact) mass is 606 g/mol. The number of amides is 5. The molecule has 4 N–H and O–H groups in total. The van der Waals surface area contributed by atoms with Crippen LogP contribution >= 0.6 is 11.3 Å². The summed E-state index contributed by atoms with van der Waals surface area (Å²) in [5.74, 6) is 2.05. The molecule has 0 unspecified atom stereocenters. The molecule has 14 heteroatoms. The van der Waals surface area contributed by atoms with Crippen LogP contribution in [0.3, 0.4) is 0 Å². The maximum absolute atomic E-state index is 14.1. The first kappa shape index (κ1) is 31.1. The van der Waals surface area contributed by atoms with Gasteiger partial charge in [0, 0.05) is 47.2 Å². The second-order valence-corrected chi connectivity index (χ2v) is 11.1. The Balaban J connectivity index is 1.64. The van der Waals surface area contributed by atoms with Gasteiger partial charge >= 0.3 is 12.1 Å². The van der Waals surface area contributed by atoms with E-state index in [0.717, 1.165) is 15.8 Å². The fourth-order valence-corrected chi connectivity index (χ4v) is 5.39. The third kappa shape index (κ3) is 7.70. The van der Waals surface area contributed by atoms with Gasteiger partial charge in [-0.05, 0) is 29.3 Å². The fourth-order valence-electron chi connectivity index (χ4n) is 4.61. The number of hydrazine groups is 1. The predicted molar refractivity (Wildman–Crippen MR) is 163 cm³/mol. The number of hydrogen-bond donors (Lipinski definition) is 3. The highest BCUT2D eigenvalue weighted by atomic mass is 32.1. The van der Waals surface area contributed by atoms with E-state index in [1.807, 2.05) is 18.2 Å². The molecular formula is C29H34N8O5S. The molecule has 1 fully saturated rings. The van der Waals surface area contributed by atoms with Crippen molar-refractivity contribution in [2.45, 2.75) is 19.0 Å². The molecule has 4 rings (SSSR count). The number of aromatic nitrogens is 1. The highest BCUT2D eigenvalue weighted by Crippen LogP contribution is 2.27. The van der Waals surface area contributed by atoms with Crippen LogP contribution in [-0.2, 0) is 22.6 Å². The number of carbonyl (C=O) groups excluding carboxylic acids is 4. The predicted octanol–water partition coefficient (Wildman–Crippen LogP) is 1.50. The van der Waals surface area contributed by atoms with Crippen molar-refractivity contribution in [2.24, 2.45) is 0 Å². The number of ether oxygens (including phenoxy) is 1. The lowest BCUT2D eigenvalue weighted by molar-refractivity contribution is -0.136. The van der Waals surface area contributed by atoms with Crippen LogP contribution < -0.4 is 21.1 Å². The molecule has 2 aromatic carbocycles. The number of nitrogens with zero attached hydrogens (tertiary/aromatic N) is 5. The Labute approximate surface area is 253 Å². The van der Waals surface area contributed by atoms with Crippen LogP contribution in [0.5, 0.6) is 5.75 Å². The van der Waals surface area contributed by atoms with E-state index in [4.69, 9.17) is 16.9 Å². The highest BCUT2D eigenvalue weighted by Gasteiger charge is 2.32. The quantitative estimate of drug-likeness (QED) is 0.342. The number of nitrogen functional groups attached to an aromatic ring is 1. The number of para-hydroxylation sites is 1. The molecule has 1 saturated heterocycles. The number of anilines is 1. The molecule has 1 aliphatic heterocycles. The molecule has 0 bridgehead atoms. The van der Waals surface area contributed by atoms with Crippen LogP contribution in [0.15, 0.2) is 42.5 Å². The van der Waals surface area contributed by atoms with E-state index in [9.17, 15) is 19.2 Å². The number of carbonyl (C=O) groups is 4. The molecule has 5 amide bonds. The molecule has 226 valence electrons. The van der Waals surface area contributed by atoms with E-state index >= 15 is 0 Å². The maximum atomic E-state index is 14.1. The Morgan fingerprint density at radius 3 is 2.63 bits per heavy atom. The summed E-state index contributed by atoms with van der Waals surface area (Å²) < 4.78 is 6.18. The molecule has 1 aliphatic rings. The maximum Gasteiger partial charge on any atom is 0.414 e. The molecular weight excluding hydrogens is 572 g/mol. The van der Waals surface area contributed by atoms with E-state index < -0.39 is 24.1 Å². The zero-order valence-corrected chi connectivity index (χ0v) is 25.0. The summed E-state index contributed by atoms with van der Waals surface area (Å²) in [7, 11) is 4.64. The smallest absolute Gasteiger partial charge is 0.410 e. The van der Waals surface area contributed by atoms with E-state index in [1.165, 1.54) is 33.3 Å². The molecule has 2 heterocycles. The molecule has 1 aromatic heterocycles. The van der Waals surface area contributed by atoms with Gasteiger partial charge in [0.25, 0.3) is 0 Å². The van der Waals surface area contributed by atoms with Gasteiger partial charge < -0.3 is 30.9 Å². The minimum atomic E-state index is -0.914. The van der Waals surface area contributed by atoms with Crippen LogP contribution in [0.25, 0.3) is 10.2 Å². The Kier molecular flexibility index (Phi) is 10.0. The number of hydrogen-bond acceptors (Lipinski definition) is 9. The van der Waals surface area contributed by atoms with E-state index in [-0.39, 0.29) is 45.1 Å². The zero-order valence-electron chi connectivity index (χ0n) is 24.2. The van der Waals surface area contributed by atoms with Gasteiger partial charge in [-0.15, -0.1) is 6.42 Å². The van der Waals surface area contributed by atoms with E-state index in [0.29, 0.717) is 16.4 Å². The van der Waals surface area contributed by atoms with Crippen molar-refractivity contribution in [3.05, 3.63) is 53.6 Å². The summed E-state index contributed by atoms with van der Waals surface area (Å²) in [4.78, 5) is 59.2. The van der Waals surface area contributed by atoms with Gasteiger partial charge in [-0.25, -0.2) is 24.6 Å². The van der Waals surface area contributed by atoms with Crippen LogP contribution in [0, 0.1) is 12.3 Å². The van der Waals surface area contributed by atoms with Crippen LogP contribution in [0.1, 0.15) is 11.1 Å². The van der Waals surface area contributed by atoms with E-state index in [1.54, 1.807) is 43.3 Å². The van der Waals surface area contributed by atoms with Gasteiger partial charge in [0.05, 0.1) is 23.3 Å². The van der Waals surface area contributed by atoms with Crippen molar-refractivity contribution in [3.8, 4) is 18.1 Å². The normalized spacial score (nSPS) is 16.0. The van der Waals surface area contributed by atoms with Crippen molar-refractivity contribution in [3.63, 3.8) is 0 Å². The molecule has 0 saturated carbocycles. The number of thiazole rings is 1. The summed E-state index contributed by atoms with van der Waals surface area (Å²) >= 11 is 1.36. The summed E-state index contributed by atoms with van der Waals surface area (Å²) in [6.45, 7) is 0.310. The van der Waals surface area contributed by atoms with Crippen molar-refractivity contribution in [2.75, 3.05) is 53.1 Å². The number of urea groups is 1. The standard InChI is InChI=1S/C29H34N8O5S/c1-5-13-37(28(40)31-2)36-15-14-35(17-20-7-6-8-23-25(20)33-27(30)43-23)26(39)22(32-24(38)18-36)16-19-9-11-21(12-10-19)42-29(41)34(3)4/h1,6-12,22H,13-18H2,2-4H3,(H2,30,33)(H,31,40)(H,32,38)/t22-/m0/s1. The number of fused-ring (bicyclic) bond motifs is 1. The zero-order chi connectivity index (χ0) is 31.1. The Hall–Kier alpha value is -4.87. The van der Waals surface area contributed by atoms with Crippen molar-refractivity contribution in [1.29, 1.82) is 0 Å². The third-order valence-electron chi connectivity index (χ3n) is 6.74. The molecule has 1 atom stereocenters. The van der Waals surface area contributed by atoms with Gasteiger partial charge in [-0.3, -0.25) is 9.59 Å².